The third-order valence-corrected chi connectivity index (χ3v) is 15.1. The molecule has 0 aliphatic carbocycles. The van der Waals surface area contributed by atoms with Crippen molar-refractivity contribution in [1.29, 1.82) is 0 Å². The summed E-state index contributed by atoms with van der Waals surface area (Å²) < 4.78 is 32.1. The first-order valence-corrected chi connectivity index (χ1v) is 17.9. The van der Waals surface area contributed by atoms with Crippen LogP contribution in [0.3, 0.4) is 0 Å². The average Bonchev–Trinajstić information content (AvgIpc) is 2.93. The van der Waals surface area contributed by atoms with E-state index < -0.39 is 20.0 Å². The van der Waals surface area contributed by atoms with Gasteiger partial charge < -0.3 is 28.5 Å². The molecule has 236 valence electrons. The van der Waals surface area contributed by atoms with Crippen molar-refractivity contribution in [2.75, 3.05) is 20.3 Å². The molecule has 2 aromatic rings. The minimum Gasteiger partial charge on any atom is -0.497 e. The number of hydrogen-bond donors (Lipinski definition) is 1. The van der Waals surface area contributed by atoms with Gasteiger partial charge >= 0.3 is 0 Å². The van der Waals surface area contributed by atoms with Gasteiger partial charge in [0.1, 0.15) is 18.0 Å². The van der Waals surface area contributed by atoms with Crippen molar-refractivity contribution in [1.82, 2.24) is 0 Å². The number of aliphatic hydroxyl groups is 1. The van der Waals surface area contributed by atoms with Gasteiger partial charge in [-0.05, 0) is 65.6 Å². The Labute approximate surface area is 256 Å². The van der Waals surface area contributed by atoms with E-state index in [-0.39, 0.29) is 24.7 Å². The Bertz CT molecular complexity index is 1020. The quantitative estimate of drug-likeness (QED) is 0.222. The normalized spacial score (nSPS) is 25.5. The van der Waals surface area contributed by atoms with Crippen LogP contribution in [0.1, 0.15) is 79.4 Å². The van der Waals surface area contributed by atoms with Gasteiger partial charge in [-0.1, -0.05) is 90.9 Å². The van der Waals surface area contributed by atoms with E-state index in [1.54, 1.807) is 7.11 Å². The van der Waals surface area contributed by atoms with E-state index in [0.29, 0.717) is 42.9 Å². The maximum atomic E-state index is 11.7. The van der Waals surface area contributed by atoms with Crippen molar-refractivity contribution >= 4 is 8.32 Å². The zero-order valence-corrected chi connectivity index (χ0v) is 28.5. The molecule has 6 nitrogen and oxygen atoms in total. The van der Waals surface area contributed by atoms with Crippen molar-refractivity contribution in [2.45, 2.75) is 122 Å². The molecule has 0 radical (unpaired) electrons. The number of benzene rings is 2. The van der Waals surface area contributed by atoms with Crippen molar-refractivity contribution in [2.24, 2.45) is 5.92 Å². The first kappa shape index (κ1) is 34.7. The van der Waals surface area contributed by atoms with Gasteiger partial charge in [0.2, 0.25) is 0 Å². The lowest BCUT2D eigenvalue weighted by atomic mass is 9.83. The highest BCUT2D eigenvalue weighted by atomic mass is 28.4. The maximum absolute atomic E-state index is 11.7. The molecule has 1 aliphatic rings. The molecule has 7 heteroatoms. The predicted molar refractivity (Wildman–Crippen MR) is 172 cm³/mol. The topological polar surface area (TPSA) is 66.4 Å². The minimum absolute atomic E-state index is 0.187. The summed E-state index contributed by atoms with van der Waals surface area (Å²) in [5, 5.41) is 11.7. The van der Waals surface area contributed by atoms with Crippen LogP contribution in [0.5, 0.6) is 5.75 Å². The molecule has 5 atom stereocenters. The fourth-order valence-corrected chi connectivity index (χ4v) is 12.4. The molecule has 2 aromatic carbocycles. The fourth-order valence-electron chi connectivity index (χ4n) is 6.96. The summed E-state index contributed by atoms with van der Waals surface area (Å²) in [6, 6.07) is 18.1. The minimum atomic E-state index is -2.16. The predicted octanol–water partition coefficient (Wildman–Crippen LogP) is 7.92. The van der Waals surface area contributed by atoms with Crippen molar-refractivity contribution in [3.05, 3.63) is 65.7 Å². The molecule has 1 aliphatic heterocycles. The van der Waals surface area contributed by atoms with E-state index in [9.17, 15) is 5.11 Å². The molecule has 0 aromatic heterocycles. The van der Waals surface area contributed by atoms with E-state index in [2.05, 4.69) is 48.5 Å². The Morgan fingerprint density at radius 2 is 1.48 bits per heavy atom. The second-order valence-corrected chi connectivity index (χ2v) is 18.9. The second-order valence-electron chi connectivity index (χ2n) is 13.4. The van der Waals surface area contributed by atoms with Crippen molar-refractivity contribution < 1.29 is 28.5 Å². The molecule has 0 unspecified atom stereocenters. The van der Waals surface area contributed by atoms with Gasteiger partial charge in [0.15, 0.2) is 8.32 Å². The van der Waals surface area contributed by atoms with Crippen LogP contribution in [0.4, 0.5) is 0 Å². The van der Waals surface area contributed by atoms with E-state index in [1.807, 2.05) is 61.5 Å². The molecular weight excluding hydrogens is 544 g/mol. The fraction of sp³-hybridized carbons (Fsp3) is 0.657. The first-order valence-electron chi connectivity index (χ1n) is 15.8. The van der Waals surface area contributed by atoms with Gasteiger partial charge in [0.25, 0.3) is 0 Å². The second kappa shape index (κ2) is 15.8. The molecule has 3 rings (SSSR count). The average molecular weight is 601 g/mol. The molecule has 42 heavy (non-hydrogen) atoms. The Hall–Kier alpha value is -1.74. The SMILES string of the molecule is COc1ccc(CO[C@H]2C[C@@H](C)C[C@@](C)(O)[C@H](COCc3ccccc3)O[C@@H]2CO[Si](C(C)C)(C(C)C)C(C)C)cc1. The van der Waals surface area contributed by atoms with Crippen molar-refractivity contribution in [3.8, 4) is 5.75 Å². The van der Waals surface area contributed by atoms with Crippen LogP contribution < -0.4 is 4.74 Å². The summed E-state index contributed by atoms with van der Waals surface area (Å²) in [6.07, 6.45) is 0.333. The van der Waals surface area contributed by atoms with Crippen LogP contribution in [-0.2, 0) is 31.9 Å². The Balaban J connectivity index is 1.86. The van der Waals surface area contributed by atoms with Crippen LogP contribution in [0.25, 0.3) is 0 Å². The highest BCUT2D eigenvalue weighted by Crippen LogP contribution is 2.43. The van der Waals surface area contributed by atoms with Gasteiger partial charge in [-0.15, -0.1) is 0 Å². The number of methoxy groups -OCH3 is 1. The zero-order valence-electron chi connectivity index (χ0n) is 27.5. The third-order valence-electron chi connectivity index (χ3n) is 9.05. The highest BCUT2D eigenvalue weighted by molar-refractivity contribution is 6.77. The number of hydrogen-bond acceptors (Lipinski definition) is 6. The van der Waals surface area contributed by atoms with Crippen LogP contribution in [-0.4, -0.2) is 57.7 Å². The monoisotopic (exact) mass is 600 g/mol. The van der Waals surface area contributed by atoms with Crippen molar-refractivity contribution in [3.63, 3.8) is 0 Å². The smallest absolute Gasteiger partial charge is 0.200 e. The van der Waals surface area contributed by atoms with Gasteiger partial charge in [0.05, 0.1) is 45.2 Å². The van der Waals surface area contributed by atoms with E-state index in [4.69, 9.17) is 23.4 Å². The summed E-state index contributed by atoms with van der Waals surface area (Å²) in [6.45, 7) is 19.5. The molecule has 0 amide bonds. The van der Waals surface area contributed by atoms with Crippen LogP contribution in [0.2, 0.25) is 16.6 Å². The van der Waals surface area contributed by atoms with Crippen LogP contribution >= 0.6 is 0 Å². The third kappa shape index (κ3) is 9.13. The lowest BCUT2D eigenvalue weighted by Gasteiger charge is -2.46. The Morgan fingerprint density at radius 1 is 0.881 bits per heavy atom. The van der Waals surface area contributed by atoms with Gasteiger partial charge in [-0.3, -0.25) is 0 Å². The largest absolute Gasteiger partial charge is 0.497 e. The standard InChI is InChI=1S/C35H56O6Si/c1-25(2)42(26(3)4,27(5)6)40-23-33-32(39-22-30-15-17-31(37-9)18-16-30)19-28(7)20-35(8,36)34(41-33)24-38-21-29-13-11-10-12-14-29/h10-18,25-28,32-34,36H,19-24H2,1-9H3/t28-,32+,33-,34+,35-/m1/s1. The van der Waals surface area contributed by atoms with Crippen LogP contribution in [0, 0.1) is 5.92 Å². The first-order chi connectivity index (χ1) is 19.9. The van der Waals surface area contributed by atoms with E-state index in [1.165, 1.54) is 0 Å². The highest BCUT2D eigenvalue weighted by Gasteiger charge is 2.47. The summed E-state index contributed by atoms with van der Waals surface area (Å²) in [5.41, 5.74) is 2.50. The lowest BCUT2D eigenvalue weighted by Crippen LogP contribution is -2.55. The molecule has 1 heterocycles. The maximum Gasteiger partial charge on any atom is 0.200 e. The molecular formula is C35H56O6Si. The summed E-state index contributed by atoms with van der Waals surface area (Å²) in [4.78, 5) is 0. The van der Waals surface area contributed by atoms with Gasteiger partial charge in [-0.25, -0.2) is 0 Å². The lowest BCUT2D eigenvalue weighted by molar-refractivity contribution is -0.208. The molecule has 1 N–H and O–H groups in total. The molecule has 1 saturated heterocycles. The summed E-state index contributed by atoms with van der Waals surface area (Å²) in [7, 11) is -0.481. The summed E-state index contributed by atoms with van der Waals surface area (Å²) >= 11 is 0. The van der Waals surface area contributed by atoms with E-state index in [0.717, 1.165) is 23.3 Å². The Morgan fingerprint density at radius 3 is 2.05 bits per heavy atom. The molecule has 1 fully saturated rings. The van der Waals surface area contributed by atoms with Gasteiger partial charge in [0, 0.05) is 0 Å². The molecule has 0 saturated carbocycles. The number of rotatable bonds is 14. The summed E-state index contributed by atoms with van der Waals surface area (Å²) in [5.74, 6) is 1.05. The van der Waals surface area contributed by atoms with Crippen LogP contribution in [0.15, 0.2) is 54.6 Å². The zero-order chi connectivity index (χ0) is 30.9. The number of ether oxygens (including phenoxy) is 4. The Kier molecular flexibility index (Phi) is 13.1. The van der Waals surface area contributed by atoms with Gasteiger partial charge in [-0.2, -0.15) is 0 Å². The molecule has 0 spiro atoms. The van der Waals surface area contributed by atoms with E-state index >= 15 is 0 Å². The molecule has 0 bridgehead atoms.